The van der Waals surface area contributed by atoms with Crippen LogP contribution in [-0.4, -0.2) is 24.6 Å². The first kappa shape index (κ1) is 20.1. The number of thiophene rings is 1. The lowest BCUT2D eigenvalue weighted by atomic mass is 10.2. The highest BCUT2D eigenvalue weighted by molar-refractivity contribution is 7.13. The van der Waals surface area contributed by atoms with Crippen LogP contribution >= 0.6 is 22.9 Å². The van der Waals surface area contributed by atoms with Gasteiger partial charge < -0.3 is 19.8 Å². The number of alkyl halides is 2. The maximum absolute atomic E-state index is 12.6. The Hall–Kier alpha value is -2.65. The third-order valence-electron chi connectivity index (χ3n) is 3.63. The SMILES string of the molecule is CN=C(NCc1coc(-c2cccs2)n1)NCc1cc(Cl)ccc1OC(F)F. The highest BCUT2D eigenvalue weighted by atomic mass is 35.5. The van der Waals surface area contributed by atoms with Gasteiger partial charge in [-0.1, -0.05) is 17.7 Å². The van der Waals surface area contributed by atoms with Crippen molar-refractivity contribution in [2.75, 3.05) is 7.05 Å². The third kappa shape index (κ3) is 5.43. The van der Waals surface area contributed by atoms with Gasteiger partial charge in [0.25, 0.3) is 0 Å². The van der Waals surface area contributed by atoms with Gasteiger partial charge in [0.15, 0.2) is 5.96 Å². The number of ether oxygens (including phenoxy) is 1. The van der Waals surface area contributed by atoms with Crippen molar-refractivity contribution in [2.45, 2.75) is 19.7 Å². The van der Waals surface area contributed by atoms with E-state index in [1.807, 2.05) is 17.5 Å². The number of hydrogen-bond acceptors (Lipinski definition) is 5. The fourth-order valence-corrected chi connectivity index (χ4v) is 3.22. The Kier molecular flexibility index (Phi) is 6.83. The van der Waals surface area contributed by atoms with Crippen molar-refractivity contribution in [3.05, 3.63) is 58.3 Å². The molecule has 28 heavy (non-hydrogen) atoms. The second-order valence-corrected chi connectivity index (χ2v) is 6.92. The van der Waals surface area contributed by atoms with Gasteiger partial charge in [-0.25, -0.2) is 4.98 Å². The summed E-state index contributed by atoms with van der Waals surface area (Å²) in [5.41, 5.74) is 1.19. The van der Waals surface area contributed by atoms with Gasteiger partial charge in [0, 0.05) is 24.2 Å². The van der Waals surface area contributed by atoms with Gasteiger partial charge >= 0.3 is 6.61 Å². The van der Waals surface area contributed by atoms with Crippen LogP contribution in [0.1, 0.15) is 11.3 Å². The summed E-state index contributed by atoms with van der Waals surface area (Å²) in [4.78, 5) is 9.46. The van der Waals surface area contributed by atoms with Crippen molar-refractivity contribution >= 4 is 28.9 Å². The predicted molar refractivity (Wildman–Crippen MR) is 105 cm³/mol. The van der Waals surface area contributed by atoms with E-state index in [9.17, 15) is 8.78 Å². The van der Waals surface area contributed by atoms with E-state index < -0.39 is 6.61 Å². The van der Waals surface area contributed by atoms with E-state index in [0.29, 0.717) is 34.7 Å². The smallest absolute Gasteiger partial charge is 0.387 e. The quantitative estimate of drug-likeness (QED) is 0.429. The van der Waals surface area contributed by atoms with Gasteiger partial charge in [0.2, 0.25) is 5.89 Å². The van der Waals surface area contributed by atoms with Crippen molar-refractivity contribution in [3.8, 4) is 16.5 Å². The van der Waals surface area contributed by atoms with Gasteiger partial charge in [-0.05, 0) is 29.6 Å². The van der Waals surface area contributed by atoms with Gasteiger partial charge in [-0.3, -0.25) is 4.99 Å². The molecule has 2 heterocycles. The zero-order chi connectivity index (χ0) is 19.9. The van der Waals surface area contributed by atoms with E-state index in [4.69, 9.17) is 16.0 Å². The first-order chi connectivity index (χ1) is 13.5. The van der Waals surface area contributed by atoms with E-state index >= 15 is 0 Å². The zero-order valence-electron chi connectivity index (χ0n) is 14.8. The number of rotatable bonds is 7. The molecule has 0 aliphatic carbocycles. The summed E-state index contributed by atoms with van der Waals surface area (Å²) in [6.07, 6.45) is 1.57. The van der Waals surface area contributed by atoms with Crippen molar-refractivity contribution in [2.24, 2.45) is 4.99 Å². The van der Waals surface area contributed by atoms with Crippen molar-refractivity contribution in [1.82, 2.24) is 15.6 Å². The summed E-state index contributed by atoms with van der Waals surface area (Å²) in [5.74, 6) is 1.07. The van der Waals surface area contributed by atoms with Crippen LogP contribution in [-0.2, 0) is 13.1 Å². The minimum Gasteiger partial charge on any atom is -0.443 e. The molecule has 0 radical (unpaired) electrons. The lowest BCUT2D eigenvalue weighted by molar-refractivity contribution is -0.0504. The first-order valence-corrected chi connectivity index (χ1v) is 9.47. The topological polar surface area (TPSA) is 71.7 Å². The monoisotopic (exact) mass is 426 g/mol. The largest absolute Gasteiger partial charge is 0.443 e. The molecule has 2 aromatic heterocycles. The molecule has 3 aromatic rings. The average Bonchev–Trinajstić information content (AvgIpc) is 3.35. The predicted octanol–water partition coefficient (Wildman–Crippen LogP) is 4.52. The second-order valence-electron chi connectivity index (χ2n) is 5.53. The molecule has 148 valence electrons. The molecule has 0 fully saturated rings. The number of benzene rings is 1. The summed E-state index contributed by atoms with van der Waals surface area (Å²) in [6.45, 7) is -2.34. The summed E-state index contributed by atoms with van der Waals surface area (Å²) >= 11 is 7.50. The van der Waals surface area contributed by atoms with E-state index in [1.54, 1.807) is 30.7 Å². The van der Waals surface area contributed by atoms with Gasteiger partial charge in [-0.15, -0.1) is 11.3 Å². The molecule has 0 aliphatic heterocycles. The number of hydrogen-bond donors (Lipinski definition) is 2. The van der Waals surface area contributed by atoms with Gasteiger partial charge in [0.1, 0.15) is 12.0 Å². The Balaban J connectivity index is 1.58. The standard InChI is InChI=1S/C18H17ClF2N4O2S/c1-22-18(23-8-11-7-12(19)4-5-14(11)27-17(20)21)24-9-13-10-26-16(25-13)15-3-2-6-28-15/h2-7,10,17H,8-9H2,1H3,(H2,22,23,24). The van der Waals surface area contributed by atoms with E-state index in [-0.39, 0.29) is 12.3 Å². The minimum absolute atomic E-state index is 0.0550. The Morgan fingerprint density at radius 1 is 1.32 bits per heavy atom. The molecule has 6 nitrogen and oxygen atoms in total. The average molecular weight is 427 g/mol. The molecule has 0 amide bonds. The summed E-state index contributed by atoms with van der Waals surface area (Å²) in [7, 11) is 1.60. The first-order valence-electron chi connectivity index (χ1n) is 8.21. The van der Waals surface area contributed by atoms with Crippen molar-refractivity contribution in [3.63, 3.8) is 0 Å². The highest BCUT2D eigenvalue weighted by Gasteiger charge is 2.12. The zero-order valence-corrected chi connectivity index (χ0v) is 16.4. The molecule has 3 rings (SSSR count). The fraction of sp³-hybridized carbons (Fsp3) is 0.222. The molecular weight excluding hydrogens is 410 g/mol. The van der Waals surface area contributed by atoms with Crippen LogP contribution in [0.5, 0.6) is 5.75 Å². The number of guanidine groups is 1. The lowest BCUT2D eigenvalue weighted by Gasteiger charge is -2.14. The van der Waals surface area contributed by atoms with E-state index in [0.717, 1.165) is 4.88 Å². The second kappa shape index (κ2) is 9.52. The number of aliphatic imine (C=N–C) groups is 1. The van der Waals surface area contributed by atoms with Crippen LogP contribution in [0.25, 0.3) is 10.8 Å². The van der Waals surface area contributed by atoms with Crippen LogP contribution < -0.4 is 15.4 Å². The van der Waals surface area contributed by atoms with Crippen LogP contribution in [0.3, 0.4) is 0 Å². The Morgan fingerprint density at radius 3 is 2.86 bits per heavy atom. The third-order valence-corrected chi connectivity index (χ3v) is 4.72. The number of oxazole rings is 1. The molecule has 0 spiro atoms. The number of halogens is 3. The molecule has 0 saturated heterocycles. The van der Waals surface area contributed by atoms with E-state index in [2.05, 4.69) is 25.3 Å². The van der Waals surface area contributed by atoms with Crippen LogP contribution in [0.15, 0.2) is 51.4 Å². The molecule has 0 bridgehead atoms. The summed E-state index contributed by atoms with van der Waals surface area (Å²) in [6, 6.07) is 8.31. The molecule has 0 atom stereocenters. The molecule has 0 saturated carbocycles. The normalized spacial score (nSPS) is 11.7. The van der Waals surface area contributed by atoms with E-state index in [1.165, 1.54) is 12.1 Å². The Bertz CT molecular complexity index is 932. The fourth-order valence-electron chi connectivity index (χ4n) is 2.37. The van der Waals surface area contributed by atoms with Crippen LogP contribution in [0.4, 0.5) is 8.78 Å². The summed E-state index contributed by atoms with van der Waals surface area (Å²) < 4.78 is 35.1. The van der Waals surface area contributed by atoms with Crippen molar-refractivity contribution in [1.29, 1.82) is 0 Å². The maximum Gasteiger partial charge on any atom is 0.387 e. The molecule has 0 aliphatic rings. The van der Waals surface area contributed by atoms with Gasteiger partial charge in [0.05, 0.1) is 17.1 Å². The molecular formula is C18H17ClF2N4O2S. The number of nitrogens with zero attached hydrogens (tertiary/aromatic N) is 2. The number of aromatic nitrogens is 1. The van der Waals surface area contributed by atoms with Gasteiger partial charge in [-0.2, -0.15) is 8.78 Å². The molecule has 2 N–H and O–H groups in total. The molecule has 0 unspecified atom stereocenters. The Labute approximate surface area is 169 Å². The van der Waals surface area contributed by atoms with Crippen LogP contribution in [0.2, 0.25) is 5.02 Å². The number of nitrogens with one attached hydrogen (secondary N) is 2. The molecule has 10 heteroatoms. The molecule has 1 aromatic carbocycles. The lowest BCUT2D eigenvalue weighted by Crippen LogP contribution is -2.36. The Morgan fingerprint density at radius 2 is 2.14 bits per heavy atom. The van der Waals surface area contributed by atoms with Crippen molar-refractivity contribution < 1.29 is 17.9 Å². The summed E-state index contributed by atoms with van der Waals surface area (Å²) in [5, 5.41) is 8.49. The highest BCUT2D eigenvalue weighted by Crippen LogP contribution is 2.25. The maximum atomic E-state index is 12.6. The van der Waals surface area contributed by atoms with Crippen LogP contribution in [0, 0.1) is 0 Å². The minimum atomic E-state index is -2.91.